The van der Waals surface area contributed by atoms with Gasteiger partial charge in [-0.15, -0.1) is 0 Å². The number of amides is 1. The molecule has 1 aliphatic carbocycles. The summed E-state index contributed by atoms with van der Waals surface area (Å²) < 4.78 is 79.9. The van der Waals surface area contributed by atoms with Gasteiger partial charge >= 0.3 is 0 Å². The molecule has 1 fully saturated rings. The van der Waals surface area contributed by atoms with E-state index in [-0.39, 0.29) is 47.7 Å². The quantitative estimate of drug-likeness (QED) is 0.0519. The molecule has 0 spiro atoms. The highest BCUT2D eigenvalue weighted by molar-refractivity contribution is 7.92. The Hall–Kier alpha value is -2.19. The van der Waals surface area contributed by atoms with Gasteiger partial charge in [-0.25, -0.2) is 17.2 Å². The summed E-state index contributed by atoms with van der Waals surface area (Å²) >= 11 is 6.04. The van der Waals surface area contributed by atoms with Crippen molar-refractivity contribution in [1.29, 1.82) is 0 Å². The molecule has 1 aliphatic rings. The van der Waals surface area contributed by atoms with Crippen molar-refractivity contribution in [2.24, 2.45) is 5.92 Å². The van der Waals surface area contributed by atoms with Crippen molar-refractivity contribution in [2.45, 2.75) is 217 Å². The number of carbonyl (C=O) groups excluding carboxylic acids is 1. The molecule has 0 aliphatic heterocycles. The van der Waals surface area contributed by atoms with Crippen molar-refractivity contribution in [3.05, 3.63) is 64.7 Å². The maximum atomic E-state index is 15.3. The predicted octanol–water partition coefficient (Wildman–Crippen LogP) is 14.3. The zero-order valence-corrected chi connectivity index (χ0v) is 44.2. The van der Waals surface area contributed by atoms with Gasteiger partial charge in [0.25, 0.3) is 0 Å². The van der Waals surface area contributed by atoms with Crippen LogP contribution in [0.1, 0.15) is 200 Å². The number of halogens is 3. The first-order valence-corrected chi connectivity index (χ1v) is 28.7. The summed E-state index contributed by atoms with van der Waals surface area (Å²) in [5.41, 5.74) is -0.134. The van der Waals surface area contributed by atoms with Crippen LogP contribution in [0.2, 0.25) is 5.02 Å². The van der Waals surface area contributed by atoms with Crippen LogP contribution in [0.5, 0.6) is 0 Å². The van der Waals surface area contributed by atoms with E-state index >= 15 is 4.39 Å². The lowest BCUT2D eigenvalue weighted by Crippen LogP contribution is -2.41. The van der Waals surface area contributed by atoms with E-state index in [1.54, 1.807) is 0 Å². The van der Waals surface area contributed by atoms with Crippen LogP contribution in [0.15, 0.2) is 47.4 Å². The molecule has 13 heteroatoms. The predicted molar refractivity (Wildman–Crippen MR) is 274 cm³/mol. The van der Waals surface area contributed by atoms with Gasteiger partial charge in [-0.05, 0) is 165 Å². The van der Waals surface area contributed by atoms with Gasteiger partial charge in [-0.2, -0.15) is 0 Å². The van der Waals surface area contributed by atoms with E-state index < -0.39 is 26.2 Å². The first kappa shape index (κ1) is 60.1. The van der Waals surface area contributed by atoms with Gasteiger partial charge in [0.05, 0.1) is 4.90 Å². The molecule has 3 rings (SSSR count). The second kappa shape index (κ2) is 35.8. The summed E-state index contributed by atoms with van der Waals surface area (Å²) in [5.74, 6) is -1.31. The van der Waals surface area contributed by atoms with Gasteiger partial charge in [0.15, 0.2) is 22.4 Å². The van der Waals surface area contributed by atoms with Crippen molar-refractivity contribution in [2.75, 3.05) is 52.6 Å². The van der Waals surface area contributed by atoms with Crippen LogP contribution in [0, 0.1) is 17.6 Å². The summed E-state index contributed by atoms with van der Waals surface area (Å²) in [5, 5.41) is 3.48. The number of hydrogen-bond donors (Lipinski definition) is 1. The van der Waals surface area contributed by atoms with Crippen molar-refractivity contribution in [3.8, 4) is 0 Å². The first-order valence-electron chi connectivity index (χ1n) is 26.8. The molecule has 2 atom stereocenters. The number of hydrogen-bond acceptors (Lipinski definition) is 8. The van der Waals surface area contributed by atoms with Gasteiger partial charge in [0.1, 0.15) is 16.4 Å². The summed E-state index contributed by atoms with van der Waals surface area (Å²) in [6.07, 6.45) is 25.0. The van der Waals surface area contributed by atoms with Crippen LogP contribution in [0.4, 0.5) is 8.78 Å². The number of carbonyl (C=O) groups is 1. The van der Waals surface area contributed by atoms with Crippen LogP contribution in [-0.2, 0) is 38.3 Å². The van der Waals surface area contributed by atoms with E-state index in [1.807, 2.05) is 13.8 Å². The lowest BCUT2D eigenvalue weighted by Gasteiger charge is -2.40. The Kier molecular flexibility index (Phi) is 31.7. The molecule has 0 bridgehead atoms. The molecule has 390 valence electrons. The number of benzene rings is 2. The first-order chi connectivity index (χ1) is 32.9. The van der Waals surface area contributed by atoms with E-state index in [1.165, 1.54) is 88.5 Å². The van der Waals surface area contributed by atoms with E-state index in [2.05, 4.69) is 24.1 Å². The Balaban J connectivity index is 1.34. The molecule has 0 saturated heterocycles. The number of nitrogens with zero attached hydrogens (tertiary/aromatic N) is 1. The number of nitrogens with one attached hydrogen (secondary N) is 1. The monoisotopic (exact) mass is 997 g/mol. The Morgan fingerprint density at radius 3 is 1.62 bits per heavy atom. The van der Waals surface area contributed by atoms with Crippen molar-refractivity contribution in [3.63, 3.8) is 0 Å². The number of ether oxygens (including phenoxy) is 4. The van der Waals surface area contributed by atoms with Crippen molar-refractivity contribution < 1.29 is 40.9 Å². The molecule has 2 aromatic carbocycles. The minimum Gasteiger partial charge on any atom is -0.356 e. The van der Waals surface area contributed by atoms with Crippen LogP contribution < -0.4 is 5.32 Å². The van der Waals surface area contributed by atoms with Crippen LogP contribution >= 0.6 is 11.6 Å². The van der Waals surface area contributed by atoms with Crippen molar-refractivity contribution >= 4 is 27.3 Å². The molecule has 1 N–H and O–H groups in total. The van der Waals surface area contributed by atoms with E-state index in [9.17, 15) is 17.6 Å². The maximum Gasteiger partial charge on any atom is 0.220 e. The Morgan fingerprint density at radius 1 is 0.676 bits per heavy atom. The highest BCUT2D eigenvalue weighted by atomic mass is 35.5. The molecule has 1 saturated carbocycles. The molecule has 0 heterocycles. The average Bonchev–Trinajstić information content (AvgIpc) is 3.33. The Bertz CT molecular complexity index is 1680. The summed E-state index contributed by atoms with van der Waals surface area (Å²) in [7, 11) is -4.11. The highest BCUT2D eigenvalue weighted by Crippen LogP contribution is 2.50. The summed E-state index contributed by atoms with van der Waals surface area (Å²) in [6.45, 7) is 15.5. The molecule has 0 aromatic heterocycles. The van der Waals surface area contributed by atoms with E-state index in [4.69, 9.17) is 30.5 Å². The molecule has 68 heavy (non-hydrogen) atoms. The maximum absolute atomic E-state index is 15.3. The molecule has 2 unspecified atom stereocenters. The number of rotatable bonds is 41. The smallest absolute Gasteiger partial charge is 0.220 e. The Labute approximate surface area is 416 Å². The lowest BCUT2D eigenvalue weighted by atomic mass is 9.76. The number of unbranched alkanes of at least 4 members (excludes halogenated alkanes) is 15. The third-order valence-corrected chi connectivity index (χ3v) is 16.4. The second-order valence-electron chi connectivity index (χ2n) is 19.2. The minimum absolute atomic E-state index is 0.00241. The SMILES string of the molecule is CCCCCCOC(C)OCCCCCCN(CCCCCCNC(=O)CCC1CCC(c2cc(F)ccc2F)(S(=O)(=O)c2ccc(Cl)cc2)CC1)CCCCCCOC(C)OCCCCCC. The molecule has 2 aromatic rings. The lowest BCUT2D eigenvalue weighted by molar-refractivity contribution is -0.132. The molecular weight excluding hydrogens is 906 g/mol. The molecular formula is C55H91ClF2N2O7S. The topological polar surface area (TPSA) is 103 Å². The van der Waals surface area contributed by atoms with Crippen LogP contribution in [-0.4, -0.2) is 84.4 Å². The second-order valence-corrected chi connectivity index (χ2v) is 21.9. The van der Waals surface area contributed by atoms with Gasteiger partial charge in [0, 0.05) is 50.0 Å². The zero-order chi connectivity index (χ0) is 49.3. The third-order valence-electron chi connectivity index (χ3n) is 13.6. The normalized spacial score (nSPS) is 17.4. The minimum atomic E-state index is -4.11. The van der Waals surface area contributed by atoms with Gasteiger partial charge in [-0.1, -0.05) is 102 Å². The molecule has 9 nitrogen and oxygen atoms in total. The fourth-order valence-electron chi connectivity index (χ4n) is 9.34. The van der Waals surface area contributed by atoms with E-state index in [0.717, 1.165) is 128 Å². The standard InChI is InChI=1S/C55H91ClF2N2O7S/c1-5-7-9-21-41-64-46(3)66-43-23-15-13-19-39-60(40-20-14-16-24-44-67-47(4)65-42-22-10-8-6-2)38-18-12-11-17-37-59-54(61)32-25-48-33-35-55(36-34-48,52-45-50(57)28-31-53(52)58)68(62,63)51-29-26-49(56)27-30-51/h26-31,45-48H,5-25,32-44H2,1-4H3,(H,59,61). The highest BCUT2D eigenvalue weighted by Gasteiger charge is 2.50. The largest absolute Gasteiger partial charge is 0.356 e. The number of sulfone groups is 1. The average molecular weight is 998 g/mol. The summed E-state index contributed by atoms with van der Waals surface area (Å²) in [6, 6.07) is 8.87. The molecule has 1 amide bonds. The Morgan fingerprint density at radius 2 is 1.13 bits per heavy atom. The van der Waals surface area contributed by atoms with Crippen molar-refractivity contribution in [1.82, 2.24) is 10.2 Å². The van der Waals surface area contributed by atoms with Gasteiger partial charge in [0.2, 0.25) is 5.91 Å². The zero-order valence-electron chi connectivity index (χ0n) is 42.7. The third kappa shape index (κ3) is 23.8. The van der Waals surface area contributed by atoms with Gasteiger partial charge in [-0.3, -0.25) is 4.79 Å². The summed E-state index contributed by atoms with van der Waals surface area (Å²) in [4.78, 5) is 15.6. The molecule has 0 radical (unpaired) electrons. The van der Waals surface area contributed by atoms with Crippen LogP contribution in [0.3, 0.4) is 0 Å². The van der Waals surface area contributed by atoms with Crippen LogP contribution in [0.25, 0.3) is 0 Å². The fraction of sp³-hybridized carbons (Fsp3) is 0.764. The fourth-order valence-corrected chi connectivity index (χ4v) is 11.6. The van der Waals surface area contributed by atoms with E-state index in [0.29, 0.717) is 37.3 Å². The van der Waals surface area contributed by atoms with Gasteiger partial charge < -0.3 is 29.2 Å².